The maximum absolute atomic E-state index is 11.9. The molecular formula is C13H24N2O4. The van der Waals surface area contributed by atoms with E-state index in [2.05, 4.69) is 10.6 Å². The first-order valence-corrected chi connectivity index (χ1v) is 6.67. The number of carboxylic acid groups (broad SMARTS) is 1. The van der Waals surface area contributed by atoms with Crippen molar-refractivity contribution in [2.24, 2.45) is 5.92 Å². The molecule has 1 rings (SSSR count). The summed E-state index contributed by atoms with van der Waals surface area (Å²) in [4.78, 5) is 23.0. The minimum absolute atomic E-state index is 0.0772. The van der Waals surface area contributed by atoms with Crippen molar-refractivity contribution in [1.29, 1.82) is 0 Å². The van der Waals surface area contributed by atoms with Gasteiger partial charge in [0, 0.05) is 6.61 Å². The van der Waals surface area contributed by atoms with E-state index >= 15 is 0 Å². The van der Waals surface area contributed by atoms with Gasteiger partial charge < -0.3 is 20.5 Å². The molecule has 1 heterocycles. The smallest absolute Gasteiger partial charge is 0.326 e. The average Bonchev–Trinajstić information content (AvgIpc) is 2.57. The van der Waals surface area contributed by atoms with Gasteiger partial charge in [0.1, 0.15) is 6.04 Å². The van der Waals surface area contributed by atoms with Crippen LogP contribution in [0.25, 0.3) is 0 Å². The number of hydrogen-bond donors (Lipinski definition) is 3. The maximum atomic E-state index is 11.9. The van der Waals surface area contributed by atoms with Crippen LogP contribution in [0.4, 0.5) is 4.79 Å². The fraction of sp³-hybridized carbons (Fsp3) is 0.846. The molecule has 1 aliphatic rings. The number of carbonyl (C=O) groups is 2. The Labute approximate surface area is 113 Å². The summed E-state index contributed by atoms with van der Waals surface area (Å²) >= 11 is 0. The van der Waals surface area contributed by atoms with Crippen LogP contribution in [0, 0.1) is 5.92 Å². The normalized spacial score (nSPS) is 28.2. The Morgan fingerprint density at radius 3 is 2.53 bits per heavy atom. The summed E-state index contributed by atoms with van der Waals surface area (Å²) in [5.74, 6) is -0.810. The third-order valence-corrected chi connectivity index (χ3v) is 3.60. The minimum Gasteiger partial charge on any atom is -0.480 e. The van der Waals surface area contributed by atoms with Crippen LogP contribution in [-0.4, -0.2) is 41.4 Å². The summed E-state index contributed by atoms with van der Waals surface area (Å²) in [7, 11) is 0. The predicted molar refractivity (Wildman–Crippen MR) is 71.0 cm³/mol. The van der Waals surface area contributed by atoms with Gasteiger partial charge in [-0.1, -0.05) is 13.8 Å². The first-order chi connectivity index (χ1) is 8.74. The molecule has 6 nitrogen and oxygen atoms in total. The SMILES string of the molecule is CC(C)CC(NC(=O)NC1(C)CCOC1C)C(=O)O. The van der Waals surface area contributed by atoms with Crippen molar-refractivity contribution < 1.29 is 19.4 Å². The highest BCUT2D eigenvalue weighted by Gasteiger charge is 2.38. The number of carbonyl (C=O) groups excluding carboxylic acids is 1. The summed E-state index contributed by atoms with van der Waals surface area (Å²) in [6.07, 6.45) is 1.06. The zero-order chi connectivity index (χ0) is 14.6. The summed E-state index contributed by atoms with van der Waals surface area (Å²) in [6, 6.07) is -1.31. The number of ether oxygens (including phenoxy) is 1. The average molecular weight is 272 g/mol. The van der Waals surface area contributed by atoms with E-state index in [1.54, 1.807) is 0 Å². The van der Waals surface area contributed by atoms with Crippen LogP contribution in [0.2, 0.25) is 0 Å². The lowest BCUT2D eigenvalue weighted by molar-refractivity contribution is -0.139. The van der Waals surface area contributed by atoms with Gasteiger partial charge in [-0.05, 0) is 32.6 Å². The van der Waals surface area contributed by atoms with E-state index in [1.807, 2.05) is 27.7 Å². The second kappa shape index (κ2) is 6.23. The molecule has 3 N–H and O–H groups in total. The van der Waals surface area contributed by atoms with Crippen molar-refractivity contribution in [3.63, 3.8) is 0 Å². The molecule has 1 saturated heterocycles. The topological polar surface area (TPSA) is 87.7 Å². The number of rotatable bonds is 5. The second-order valence-corrected chi connectivity index (χ2v) is 5.80. The van der Waals surface area contributed by atoms with Gasteiger partial charge in [-0.25, -0.2) is 9.59 Å². The van der Waals surface area contributed by atoms with Crippen LogP contribution >= 0.6 is 0 Å². The molecule has 2 amide bonds. The summed E-state index contributed by atoms with van der Waals surface area (Å²) in [5, 5.41) is 14.4. The summed E-state index contributed by atoms with van der Waals surface area (Å²) < 4.78 is 5.43. The molecule has 0 radical (unpaired) electrons. The van der Waals surface area contributed by atoms with E-state index in [4.69, 9.17) is 9.84 Å². The molecule has 0 aliphatic carbocycles. The fourth-order valence-corrected chi connectivity index (χ4v) is 2.15. The Bertz CT molecular complexity index is 346. The molecule has 110 valence electrons. The van der Waals surface area contributed by atoms with Gasteiger partial charge in [-0.2, -0.15) is 0 Å². The number of urea groups is 1. The van der Waals surface area contributed by atoms with Crippen LogP contribution in [0.5, 0.6) is 0 Å². The molecule has 19 heavy (non-hydrogen) atoms. The standard InChI is InChI=1S/C13H24N2O4/c1-8(2)7-10(11(16)17)14-12(18)15-13(4)5-6-19-9(13)3/h8-10H,5-7H2,1-4H3,(H,16,17)(H2,14,15,18). The predicted octanol–water partition coefficient (Wildman–Crippen LogP) is 1.35. The lowest BCUT2D eigenvalue weighted by atomic mass is 9.95. The molecule has 0 aromatic heterocycles. The third-order valence-electron chi connectivity index (χ3n) is 3.60. The van der Waals surface area contributed by atoms with Gasteiger partial charge in [0.25, 0.3) is 0 Å². The van der Waals surface area contributed by atoms with Gasteiger partial charge in [0.15, 0.2) is 0 Å². The number of hydrogen-bond acceptors (Lipinski definition) is 3. The third kappa shape index (κ3) is 4.38. The van der Waals surface area contributed by atoms with Crippen LogP contribution in [-0.2, 0) is 9.53 Å². The van der Waals surface area contributed by atoms with Gasteiger partial charge in [0.05, 0.1) is 11.6 Å². The number of aliphatic carboxylic acids is 1. The number of nitrogens with one attached hydrogen (secondary N) is 2. The quantitative estimate of drug-likeness (QED) is 0.705. The van der Waals surface area contributed by atoms with E-state index < -0.39 is 23.6 Å². The van der Waals surface area contributed by atoms with Gasteiger partial charge >= 0.3 is 12.0 Å². The molecule has 0 spiro atoms. The molecule has 0 saturated carbocycles. The van der Waals surface area contributed by atoms with Gasteiger partial charge in [-0.3, -0.25) is 0 Å². The van der Waals surface area contributed by atoms with Crippen molar-refractivity contribution in [2.75, 3.05) is 6.61 Å². The summed E-state index contributed by atoms with van der Waals surface area (Å²) in [5.41, 5.74) is -0.440. The van der Waals surface area contributed by atoms with E-state index in [0.717, 1.165) is 6.42 Å². The summed E-state index contributed by atoms with van der Waals surface area (Å²) in [6.45, 7) is 8.25. The van der Waals surface area contributed by atoms with Crippen LogP contribution in [0.15, 0.2) is 0 Å². The zero-order valence-electron chi connectivity index (χ0n) is 12.0. The Morgan fingerprint density at radius 2 is 2.11 bits per heavy atom. The second-order valence-electron chi connectivity index (χ2n) is 5.80. The molecule has 0 aromatic rings. The minimum atomic E-state index is -1.01. The molecular weight excluding hydrogens is 248 g/mol. The Hall–Kier alpha value is -1.30. The molecule has 3 unspecified atom stereocenters. The van der Waals surface area contributed by atoms with Crippen LogP contribution in [0.1, 0.15) is 40.5 Å². The lowest BCUT2D eigenvalue weighted by Gasteiger charge is -2.29. The Balaban J connectivity index is 2.55. The number of amides is 2. The largest absolute Gasteiger partial charge is 0.480 e. The van der Waals surface area contributed by atoms with Crippen molar-refractivity contribution in [1.82, 2.24) is 10.6 Å². The molecule has 1 fully saturated rings. The Morgan fingerprint density at radius 1 is 1.47 bits per heavy atom. The Kier molecular flexibility index (Phi) is 5.17. The van der Waals surface area contributed by atoms with Gasteiger partial charge in [-0.15, -0.1) is 0 Å². The van der Waals surface area contributed by atoms with Crippen LogP contribution in [0.3, 0.4) is 0 Å². The lowest BCUT2D eigenvalue weighted by Crippen LogP contribution is -2.56. The molecule has 3 atom stereocenters. The van der Waals surface area contributed by atoms with E-state index in [1.165, 1.54) is 0 Å². The molecule has 1 aliphatic heterocycles. The van der Waals surface area contributed by atoms with Crippen molar-refractivity contribution >= 4 is 12.0 Å². The van der Waals surface area contributed by atoms with E-state index in [0.29, 0.717) is 13.0 Å². The number of carboxylic acids is 1. The first-order valence-electron chi connectivity index (χ1n) is 6.67. The fourth-order valence-electron chi connectivity index (χ4n) is 2.15. The van der Waals surface area contributed by atoms with E-state index in [9.17, 15) is 9.59 Å². The zero-order valence-corrected chi connectivity index (χ0v) is 12.0. The highest BCUT2D eigenvalue weighted by atomic mass is 16.5. The molecule has 0 bridgehead atoms. The van der Waals surface area contributed by atoms with Crippen molar-refractivity contribution in [3.8, 4) is 0 Å². The monoisotopic (exact) mass is 272 g/mol. The van der Waals surface area contributed by atoms with Crippen molar-refractivity contribution in [2.45, 2.75) is 58.2 Å². The highest BCUT2D eigenvalue weighted by molar-refractivity contribution is 5.82. The first kappa shape index (κ1) is 15.8. The molecule has 6 heteroatoms. The molecule has 0 aromatic carbocycles. The van der Waals surface area contributed by atoms with Crippen molar-refractivity contribution in [3.05, 3.63) is 0 Å². The highest BCUT2D eigenvalue weighted by Crippen LogP contribution is 2.24. The van der Waals surface area contributed by atoms with E-state index in [-0.39, 0.29) is 12.0 Å². The maximum Gasteiger partial charge on any atom is 0.326 e. The van der Waals surface area contributed by atoms with Crippen LogP contribution < -0.4 is 10.6 Å². The van der Waals surface area contributed by atoms with Gasteiger partial charge in [0.2, 0.25) is 0 Å².